The van der Waals surface area contributed by atoms with Crippen molar-refractivity contribution in [1.82, 2.24) is 0 Å². The van der Waals surface area contributed by atoms with Crippen LogP contribution in [0.1, 0.15) is 5.56 Å². The number of rotatable bonds is 1. The number of aryl methyl sites for hydroxylation is 1. The normalized spacial score (nSPS) is 10.0. The van der Waals surface area contributed by atoms with E-state index in [-0.39, 0.29) is 0 Å². The average Bonchev–Trinajstić information content (AvgIpc) is 1.82. The second-order valence-electron chi connectivity index (χ2n) is 2.55. The molecule has 0 unspecified atom stereocenters. The van der Waals surface area contributed by atoms with Gasteiger partial charge in [-0.15, -0.1) is 0 Å². The van der Waals surface area contributed by atoms with E-state index in [1.54, 1.807) is 6.92 Å². The molecule has 0 spiro atoms. The van der Waals surface area contributed by atoms with Gasteiger partial charge in [0.25, 0.3) is 0 Å². The molecule has 64 valence electrons. The number of phenolic OH excluding ortho intramolecular Hbond substituents is 1. The monoisotopic (exact) mass is 170 g/mol. The molecule has 0 radical (unpaired) electrons. The molecule has 0 aromatic heterocycles. The van der Waals surface area contributed by atoms with Gasteiger partial charge in [0.2, 0.25) is 0 Å². The predicted molar refractivity (Wildman–Crippen MR) is 42.6 cm³/mol. The van der Waals surface area contributed by atoms with Crippen molar-refractivity contribution in [3.05, 3.63) is 23.5 Å². The van der Waals surface area contributed by atoms with Gasteiger partial charge in [-0.2, -0.15) is 0 Å². The van der Waals surface area contributed by atoms with Crippen LogP contribution >= 0.6 is 0 Å². The zero-order valence-corrected chi connectivity index (χ0v) is 6.45. The van der Waals surface area contributed by atoms with E-state index in [2.05, 4.69) is 0 Å². The maximum absolute atomic E-state index is 12.9. The fraction of sp³-hybridized carbons (Fsp3) is 0.143. The van der Waals surface area contributed by atoms with E-state index in [1.807, 2.05) is 0 Å². The zero-order valence-electron chi connectivity index (χ0n) is 6.45. The van der Waals surface area contributed by atoms with Crippen molar-refractivity contribution >= 4 is 12.6 Å². The van der Waals surface area contributed by atoms with E-state index in [9.17, 15) is 4.39 Å². The fourth-order valence-electron chi connectivity index (χ4n) is 0.991. The van der Waals surface area contributed by atoms with Crippen molar-refractivity contribution in [3.63, 3.8) is 0 Å². The third-order valence-corrected chi connectivity index (χ3v) is 1.51. The molecule has 5 heteroatoms. The third-order valence-electron chi connectivity index (χ3n) is 1.51. The first-order chi connectivity index (χ1) is 5.52. The molecule has 0 aliphatic carbocycles. The van der Waals surface area contributed by atoms with Crippen LogP contribution in [0.3, 0.4) is 0 Å². The van der Waals surface area contributed by atoms with Crippen LogP contribution in [0.15, 0.2) is 12.1 Å². The summed E-state index contributed by atoms with van der Waals surface area (Å²) in [6.07, 6.45) is 0. The van der Waals surface area contributed by atoms with Crippen LogP contribution in [-0.2, 0) is 0 Å². The second-order valence-corrected chi connectivity index (χ2v) is 2.55. The molecular formula is C7H8BFO3. The van der Waals surface area contributed by atoms with Crippen LogP contribution in [0.5, 0.6) is 5.75 Å². The Bertz CT molecular complexity index is 278. The minimum absolute atomic E-state index is 0.442. The fourth-order valence-corrected chi connectivity index (χ4v) is 0.991. The van der Waals surface area contributed by atoms with Gasteiger partial charge in [0.15, 0.2) is 0 Å². The summed E-state index contributed by atoms with van der Waals surface area (Å²) < 4.78 is 12.9. The van der Waals surface area contributed by atoms with Gasteiger partial charge >= 0.3 is 7.12 Å². The van der Waals surface area contributed by atoms with Crippen LogP contribution in [0, 0.1) is 12.7 Å². The Morgan fingerprint density at radius 3 is 2.33 bits per heavy atom. The molecule has 0 amide bonds. The highest BCUT2D eigenvalue weighted by Gasteiger charge is 2.21. The number of hydrogen-bond donors (Lipinski definition) is 3. The van der Waals surface area contributed by atoms with Gasteiger partial charge in [-0.1, -0.05) is 0 Å². The highest BCUT2D eigenvalue weighted by Crippen LogP contribution is 2.11. The lowest BCUT2D eigenvalue weighted by molar-refractivity contribution is 0.415. The molecule has 1 aromatic rings. The molecular weight excluding hydrogens is 162 g/mol. The van der Waals surface area contributed by atoms with Crippen LogP contribution in [0.4, 0.5) is 4.39 Å². The quantitative estimate of drug-likeness (QED) is 0.498. The molecule has 1 rings (SSSR count). The number of halogens is 1. The number of benzene rings is 1. The Hall–Kier alpha value is -1.07. The minimum atomic E-state index is -1.98. The van der Waals surface area contributed by atoms with Gasteiger partial charge < -0.3 is 15.2 Å². The van der Waals surface area contributed by atoms with Crippen molar-refractivity contribution < 1.29 is 19.5 Å². The summed E-state index contributed by atoms with van der Waals surface area (Å²) in [7, 11) is -1.98. The Labute approximate surface area is 69.2 Å². The standard InChI is InChI=1S/C7H8BFO3/c1-4-2-5(9)7(8(11)12)6(10)3-4/h2-3,10-12H,1H3. The van der Waals surface area contributed by atoms with Crippen molar-refractivity contribution in [2.24, 2.45) is 0 Å². The van der Waals surface area contributed by atoms with Crippen LogP contribution < -0.4 is 5.46 Å². The van der Waals surface area contributed by atoms with Crippen LogP contribution in [0.25, 0.3) is 0 Å². The molecule has 0 saturated heterocycles. The Kier molecular flexibility index (Phi) is 2.35. The van der Waals surface area contributed by atoms with Gasteiger partial charge in [-0.25, -0.2) is 4.39 Å². The smallest absolute Gasteiger partial charge is 0.495 e. The van der Waals surface area contributed by atoms with Crippen molar-refractivity contribution in [2.75, 3.05) is 0 Å². The molecule has 0 bridgehead atoms. The highest BCUT2D eigenvalue weighted by molar-refractivity contribution is 6.59. The topological polar surface area (TPSA) is 60.7 Å². The third kappa shape index (κ3) is 1.57. The summed E-state index contributed by atoms with van der Waals surface area (Å²) in [5, 5.41) is 26.3. The van der Waals surface area contributed by atoms with E-state index in [4.69, 9.17) is 15.2 Å². The SMILES string of the molecule is Cc1cc(O)c(B(O)O)c(F)c1. The summed E-state index contributed by atoms with van der Waals surface area (Å²) in [5.74, 6) is -1.26. The van der Waals surface area contributed by atoms with Crippen LogP contribution in [0.2, 0.25) is 0 Å². The molecule has 0 saturated carbocycles. The molecule has 1 aromatic carbocycles. The van der Waals surface area contributed by atoms with E-state index >= 15 is 0 Å². The zero-order chi connectivity index (χ0) is 9.30. The molecule has 3 nitrogen and oxygen atoms in total. The largest absolute Gasteiger partial charge is 0.508 e. The van der Waals surface area contributed by atoms with Crippen molar-refractivity contribution in [3.8, 4) is 5.75 Å². The molecule has 0 fully saturated rings. The number of aromatic hydroxyl groups is 1. The summed E-state index contributed by atoms with van der Waals surface area (Å²) in [4.78, 5) is 0. The number of phenols is 1. The van der Waals surface area contributed by atoms with Gasteiger partial charge in [-0.05, 0) is 24.6 Å². The average molecular weight is 170 g/mol. The summed E-state index contributed by atoms with van der Waals surface area (Å²) in [6.45, 7) is 1.59. The number of hydrogen-bond acceptors (Lipinski definition) is 3. The van der Waals surface area contributed by atoms with Crippen LogP contribution in [-0.4, -0.2) is 22.3 Å². The lowest BCUT2D eigenvalue weighted by atomic mass is 9.78. The Balaban J connectivity index is 3.28. The Morgan fingerprint density at radius 2 is 1.92 bits per heavy atom. The lowest BCUT2D eigenvalue weighted by Crippen LogP contribution is -2.33. The van der Waals surface area contributed by atoms with Gasteiger partial charge in [0.1, 0.15) is 11.6 Å². The molecule has 0 aliphatic heterocycles. The predicted octanol–water partition coefficient (Wildman–Crippen LogP) is -0.480. The molecule has 0 atom stereocenters. The molecule has 3 N–H and O–H groups in total. The van der Waals surface area contributed by atoms with Gasteiger partial charge in [0.05, 0.1) is 5.46 Å². The highest BCUT2D eigenvalue weighted by atomic mass is 19.1. The Morgan fingerprint density at radius 1 is 1.33 bits per heavy atom. The molecule has 12 heavy (non-hydrogen) atoms. The van der Waals surface area contributed by atoms with Crippen molar-refractivity contribution in [1.29, 1.82) is 0 Å². The summed E-state index contributed by atoms with van der Waals surface area (Å²) >= 11 is 0. The maximum Gasteiger partial charge on any atom is 0.495 e. The van der Waals surface area contributed by atoms with E-state index in [0.717, 1.165) is 6.07 Å². The molecule has 0 aliphatic rings. The second kappa shape index (κ2) is 3.12. The first kappa shape index (κ1) is 9.03. The van der Waals surface area contributed by atoms with E-state index in [0.29, 0.717) is 5.56 Å². The lowest BCUT2D eigenvalue weighted by Gasteiger charge is -2.05. The molecule has 0 heterocycles. The van der Waals surface area contributed by atoms with E-state index in [1.165, 1.54) is 6.07 Å². The first-order valence-electron chi connectivity index (χ1n) is 3.37. The van der Waals surface area contributed by atoms with Gasteiger partial charge in [-0.3, -0.25) is 0 Å². The summed E-state index contributed by atoms with van der Waals surface area (Å²) in [6, 6.07) is 2.38. The first-order valence-corrected chi connectivity index (χ1v) is 3.37. The summed E-state index contributed by atoms with van der Waals surface area (Å²) in [5.41, 5.74) is 0.0370. The van der Waals surface area contributed by atoms with E-state index < -0.39 is 24.1 Å². The van der Waals surface area contributed by atoms with Crippen molar-refractivity contribution in [2.45, 2.75) is 6.92 Å². The minimum Gasteiger partial charge on any atom is -0.508 e. The van der Waals surface area contributed by atoms with Gasteiger partial charge in [0, 0.05) is 0 Å². The maximum atomic E-state index is 12.9.